The molecular weight excluding hydrogens is 343 g/mol. The summed E-state index contributed by atoms with van der Waals surface area (Å²) >= 11 is 0. The van der Waals surface area contributed by atoms with Gasteiger partial charge in [-0.25, -0.2) is 12.1 Å². The maximum atomic E-state index is 2.26. The van der Waals surface area contributed by atoms with E-state index in [-0.39, 0.29) is 38.6 Å². The Labute approximate surface area is 148 Å². The summed E-state index contributed by atoms with van der Waals surface area (Å²) in [5, 5.41) is 0. The molecule has 106 valence electrons. The molecule has 0 bridgehead atoms. The van der Waals surface area contributed by atoms with Crippen LogP contribution >= 0.6 is 12.4 Å². The van der Waals surface area contributed by atoms with Gasteiger partial charge < -0.3 is 0 Å². The maximum Gasteiger partial charge on any atom is 2.00 e. The predicted octanol–water partition coefficient (Wildman–Crippen LogP) is 4.99. The number of aryl methyl sites for hydroxylation is 4. The minimum Gasteiger partial charge on any atom is -0.210 e. The predicted molar refractivity (Wildman–Crippen MR) is 84.6 cm³/mol. The van der Waals surface area contributed by atoms with Crippen LogP contribution in [0.5, 0.6) is 0 Å². The van der Waals surface area contributed by atoms with Crippen LogP contribution in [0, 0.1) is 0 Å². The maximum absolute atomic E-state index is 2.26. The molecule has 0 aromatic heterocycles. The van der Waals surface area contributed by atoms with Crippen molar-refractivity contribution in [2.45, 2.75) is 51.4 Å². The van der Waals surface area contributed by atoms with E-state index in [1.165, 1.54) is 51.4 Å². The van der Waals surface area contributed by atoms with E-state index in [0.29, 0.717) is 0 Å². The van der Waals surface area contributed by atoms with Crippen LogP contribution in [0.2, 0.25) is 0 Å². The van der Waals surface area contributed by atoms with Crippen molar-refractivity contribution in [2.24, 2.45) is 0 Å². The van der Waals surface area contributed by atoms with Crippen LogP contribution in [-0.2, 0) is 51.9 Å². The number of hydrogen-bond donors (Lipinski definition) is 0. The summed E-state index contributed by atoms with van der Waals surface area (Å²) in [6.07, 6.45) is 10.9. The van der Waals surface area contributed by atoms with E-state index >= 15 is 0 Å². The molecule has 2 aliphatic rings. The fourth-order valence-corrected chi connectivity index (χ4v) is 3.23. The Bertz CT molecular complexity index is 408. The molecule has 0 nitrogen and oxygen atoms in total. The van der Waals surface area contributed by atoms with E-state index in [1.807, 2.05) is 0 Å². The molecule has 0 radical (unpaired) electrons. The first-order valence-corrected chi connectivity index (χ1v) is 7.40. The Morgan fingerprint density at radius 1 is 0.650 bits per heavy atom. The molecule has 20 heavy (non-hydrogen) atoms. The molecule has 0 saturated carbocycles. The fraction of sp³-hybridized carbons (Fsp3) is 0.444. The van der Waals surface area contributed by atoms with Crippen molar-refractivity contribution >= 4 is 12.4 Å². The van der Waals surface area contributed by atoms with Gasteiger partial charge in [-0.05, 0) is 0 Å². The molecule has 0 aliphatic heterocycles. The van der Waals surface area contributed by atoms with Gasteiger partial charge in [0.2, 0.25) is 0 Å². The Balaban J connectivity index is 0.000000182. The quantitative estimate of drug-likeness (QED) is 0.577. The van der Waals surface area contributed by atoms with E-state index in [0.717, 1.165) is 0 Å². The van der Waals surface area contributed by atoms with Crippen molar-refractivity contribution in [3.8, 4) is 0 Å². The average molecular weight is 366 g/mol. The van der Waals surface area contributed by atoms with Crippen LogP contribution < -0.4 is 0 Å². The fourth-order valence-electron chi connectivity index (χ4n) is 3.23. The molecule has 0 unspecified atom stereocenters. The monoisotopic (exact) mass is 364 g/mol. The van der Waals surface area contributed by atoms with Gasteiger partial charge in [0.1, 0.15) is 0 Å². The molecule has 2 aliphatic carbocycles. The van der Waals surface area contributed by atoms with Crippen molar-refractivity contribution < 1.29 is 26.2 Å². The molecule has 2 aromatic carbocycles. The van der Waals surface area contributed by atoms with Crippen molar-refractivity contribution in [1.29, 1.82) is 0 Å². The summed E-state index contributed by atoms with van der Waals surface area (Å²) in [7, 11) is 0. The molecule has 2 heteroatoms. The van der Waals surface area contributed by atoms with Gasteiger partial charge in [-0.1, -0.05) is 51.4 Å². The number of fused-ring (bicyclic) bond motifs is 2. The van der Waals surface area contributed by atoms with E-state index in [1.54, 1.807) is 22.3 Å². The second kappa shape index (κ2) is 9.01. The molecule has 0 N–H and O–H groups in total. The number of rotatable bonds is 0. The third-order valence-corrected chi connectivity index (χ3v) is 4.30. The molecule has 0 spiro atoms. The third kappa shape index (κ3) is 4.43. The Hall–Kier alpha value is -0.127. The Morgan fingerprint density at radius 2 is 1.05 bits per heavy atom. The third-order valence-electron chi connectivity index (χ3n) is 4.30. The summed E-state index contributed by atoms with van der Waals surface area (Å²) < 4.78 is 0. The van der Waals surface area contributed by atoms with E-state index < -0.39 is 0 Å². The van der Waals surface area contributed by atoms with Gasteiger partial charge in [-0.3, -0.25) is 0 Å². The summed E-state index contributed by atoms with van der Waals surface area (Å²) in [4.78, 5) is 0. The summed E-state index contributed by atoms with van der Waals surface area (Å²) in [5.74, 6) is 0. The largest absolute Gasteiger partial charge is 2.00 e. The van der Waals surface area contributed by atoms with Crippen LogP contribution in [0.1, 0.15) is 47.9 Å². The van der Waals surface area contributed by atoms with Gasteiger partial charge in [0, 0.05) is 0 Å². The van der Waals surface area contributed by atoms with Gasteiger partial charge in [-0.2, -0.15) is 46.5 Å². The van der Waals surface area contributed by atoms with Gasteiger partial charge in [0.15, 0.2) is 0 Å². The minimum atomic E-state index is 0. The first-order chi connectivity index (χ1) is 8.93. The van der Waals surface area contributed by atoms with Gasteiger partial charge in [-0.15, -0.1) is 12.4 Å². The van der Waals surface area contributed by atoms with Gasteiger partial charge in [0.25, 0.3) is 0 Å². The Morgan fingerprint density at radius 3 is 1.45 bits per heavy atom. The van der Waals surface area contributed by atoms with Crippen LogP contribution in [-0.4, -0.2) is 0 Å². The van der Waals surface area contributed by atoms with Crippen LogP contribution in [0.25, 0.3) is 0 Å². The molecule has 0 fully saturated rings. The molecule has 0 atom stereocenters. The molecule has 0 saturated heterocycles. The standard InChI is InChI=1S/2C9H11.ClH.Zr/c2*1-2-5-9-7-3-6-8(9)4-1;;/h2*3,6-7H,1-2,4-5H2;1H;/q2*-1;;+2. The zero-order valence-corrected chi connectivity index (χ0v) is 15.3. The summed E-state index contributed by atoms with van der Waals surface area (Å²) in [6.45, 7) is 0. The van der Waals surface area contributed by atoms with Gasteiger partial charge in [0.05, 0.1) is 0 Å². The number of hydrogen-bond acceptors (Lipinski definition) is 0. The second-order valence-corrected chi connectivity index (χ2v) is 5.57. The van der Waals surface area contributed by atoms with Crippen molar-refractivity contribution in [3.63, 3.8) is 0 Å². The molecule has 0 amide bonds. The molecule has 4 rings (SSSR count). The van der Waals surface area contributed by atoms with Crippen LogP contribution in [0.3, 0.4) is 0 Å². The minimum absolute atomic E-state index is 0. The van der Waals surface area contributed by atoms with Gasteiger partial charge >= 0.3 is 26.2 Å². The average Bonchev–Trinajstić information content (AvgIpc) is 3.08. The van der Waals surface area contributed by atoms with Crippen molar-refractivity contribution in [3.05, 3.63) is 58.7 Å². The van der Waals surface area contributed by atoms with E-state index in [2.05, 4.69) is 36.4 Å². The first-order valence-electron chi connectivity index (χ1n) is 7.40. The molecular formula is C18H23ClZr. The first kappa shape index (κ1) is 17.9. The van der Waals surface area contributed by atoms with Crippen LogP contribution in [0.4, 0.5) is 0 Å². The summed E-state index contributed by atoms with van der Waals surface area (Å²) in [5.41, 5.74) is 6.39. The van der Waals surface area contributed by atoms with Crippen molar-refractivity contribution in [1.82, 2.24) is 0 Å². The second-order valence-electron chi connectivity index (χ2n) is 5.57. The topological polar surface area (TPSA) is 0 Å². The van der Waals surface area contributed by atoms with E-state index in [4.69, 9.17) is 0 Å². The zero-order chi connectivity index (χ0) is 12.2. The van der Waals surface area contributed by atoms with Crippen LogP contribution in [0.15, 0.2) is 36.4 Å². The van der Waals surface area contributed by atoms with E-state index in [9.17, 15) is 0 Å². The van der Waals surface area contributed by atoms with Crippen molar-refractivity contribution in [2.75, 3.05) is 0 Å². The normalized spacial score (nSPS) is 15.6. The smallest absolute Gasteiger partial charge is 0.210 e. The molecule has 2 aromatic rings. The Kier molecular flexibility index (Phi) is 8.07. The molecule has 0 heterocycles. The number of halogens is 1. The zero-order valence-electron chi connectivity index (χ0n) is 12.0. The summed E-state index contributed by atoms with van der Waals surface area (Å²) in [6, 6.07) is 13.4. The SMILES string of the molecule is Cl.[Zr+2].c1cc2c([cH-]1)CCCC2.c1cc2c([cH-]1)CCCC2.